The summed E-state index contributed by atoms with van der Waals surface area (Å²) < 4.78 is 17.5. The molecule has 3 nitrogen and oxygen atoms in total. The second kappa shape index (κ2) is 8.99. The summed E-state index contributed by atoms with van der Waals surface area (Å²) in [6, 6.07) is 2.80. The van der Waals surface area contributed by atoms with Gasteiger partial charge in [-0.15, -0.1) is 24.8 Å². The van der Waals surface area contributed by atoms with E-state index in [2.05, 4.69) is 4.98 Å². The SMILES string of the molecule is Cl.Cl.NCCCOc1ccc(F)nc1. The van der Waals surface area contributed by atoms with E-state index < -0.39 is 5.95 Å². The number of aromatic nitrogens is 1. The van der Waals surface area contributed by atoms with Gasteiger partial charge in [-0.3, -0.25) is 0 Å². The molecule has 1 aromatic heterocycles. The first-order chi connectivity index (χ1) is 5.83. The highest BCUT2D eigenvalue weighted by atomic mass is 35.5. The Balaban J connectivity index is 0. The number of hydrogen-bond donors (Lipinski definition) is 1. The Kier molecular flexibility index (Phi) is 10.2. The molecule has 1 heterocycles. The fourth-order valence-corrected chi connectivity index (χ4v) is 0.721. The highest BCUT2D eigenvalue weighted by Gasteiger charge is 1.93. The summed E-state index contributed by atoms with van der Waals surface area (Å²) >= 11 is 0. The van der Waals surface area contributed by atoms with Crippen LogP contribution >= 0.6 is 24.8 Å². The van der Waals surface area contributed by atoms with Crippen molar-refractivity contribution in [1.29, 1.82) is 0 Å². The molecule has 0 atom stereocenters. The molecule has 2 N–H and O–H groups in total. The second-order valence-electron chi connectivity index (χ2n) is 2.31. The van der Waals surface area contributed by atoms with Crippen LogP contribution < -0.4 is 10.5 Å². The van der Waals surface area contributed by atoms with E-state index in [1.165, 1.54) is 12.3 Å². The minimum absolute atomic E-state index is 0. The van der Waals surface area contributed by atoms with Crippen molar-refractivity contribution < 1.29 is 9.13 Å². The first-order valence-corrected chi connectivity index (χ1v) is 3.77. The van der Waals surface area contributed by atoms with Crippen LogP contribution in [0.1, 0.15) is 6.42 Å². The lowest BCUT2D eigenvalue weighted by Gasteiger charge is -2.03. The molecule has 0 unspecified atom stereocenters. The van der Waals surface area contributed by atoms with E-state index in [0.29, 0.717) is 18.9 Å². The normalized spacial score (nSPS) is 8.43. The van der Waals surface area contributed by atoms with Crippen molar-refractivity contribution in [3.8, 4) is 5.75 Å². The number of pyridine rings is 1. The van der Waals surface area contributed by atoms with E-state index in [1.807, 2.05) is 0 Å². The molecule has 0 amide bonds. The smallest absolute Gasteiger partial charge is 0.213 e. The highest BCUT2D eigenvalue weighted by molar-refractivity contribution is 5.85. The van der Waals surface area contributed by atoms with Crippen molar-refractivity contribution in [3.63, 3.8) is 0 Å². The van der Waals surface area contributed by atoms with Crippen LogP contribution in [0.5, 0.6) is 5.75 Å². The van der Waals surface area contributed by atoms with E-state index in [4.69, 9.17) is 10.5 Å². The lowest BCUT2D eigenvalue weighted by atomic mass is 10.4. The van der Waals surface area contributed by atoms with Crippen molar-refractivity contribution in [2.24, 2.45) is 5.73 Å². The van der Waals surface area contributed by atoms with Crippen LogP contribution in [-0.2, 0) is 0 Å². The average Bonchev–Trinajstić information content (AvgIpc) is 2.09. The molecule has 0 radical (unpaired) electrons. The van der Waals surface area contributed by atoms with E-state index in [0.717, 1.165) is 6.42 Å². The minimum Gasteiger partial charge on any atom is -0.492 e. The maximum Gasteiger partial charge on any atom is 0.213 e. The van der Waals surface area contributed by atoms with Gasteiger partial charge in [0.2, 0.25) is 5.95 Å². The third-order valence-corrected chi connectivity index (χ3v) is 1.32. The molecule has 0 aliphatic rings. The van der Waals surface area contributed by atoms with Crippen LogP contribution in [0.25, 0.3) is 0 Å². The average molecular weight is 243 g/mol. The molecular formula is C8H13Cl2FN2O. The molecule has 1 aromatic rings. The van der Waals surface area contributed by atoms with Crippen molar-refractivity contribution >= 4 is 24.8 Å². The summed E-state index contributed by atoms with van der Waals surface area (Å²) in [5.74, 6) is 0.0750. The van der Waals surface area contributed by atoms with Crippen LogP contribution in [0.15, 0.2) is 18.3 Å². The molecule has 0 aliphatic carbocycles. The Morgan fingerprint density at radius 3 is 2.57 bits per heavy atom. The molecule has 6 heteroatoms. The Morgan fingerprint density at radius 1 is 1.36 bits per heavy atom. The van der Waals surface area contributed by atoms with Gasteiger partial charge in [-0.1, -0.05) is 0 Å². The van der Waals surface area contributed by atoms with E-state index in [-0.39, 0.29) is 24.8 Å². The number of ether oxygens (including phenoxy) is 1. The number of hydrogen-bond acceptors (Lipinski definition) is 3. The maximum atomic E-state index is 12.3. The zero-order valence-electron chi connectivity index (χ0n) is 7.48. The van der Waals surface area contributed by atoms with Gasteiger partial charge in [0, 0.05) is 0 Å². The molecule has 0 aliphatic heterocycles. The van der Waals surface area contributed by atoms with Gasteiger partial charge >= 0.3 is 0 Å². The zero-order valence-corrected chi connectivity index (χ0v) is 9.11. The first-order valence-electron chi connectivity index (χ1n) is 3.77. The third kappa shape index (κ3) is 5.96. The monoisotopic (exact) mass is 242 g/mol. The van der Waals surface area contributed by atoms with Crippen molar-refractivity contribution in [1.82, 2.24) is 4.98 Å². The lowest BCUT2D eigenvalue weighted by Crippen LogP contribution is -2.06. The molecule has 0 saturated heterocycles. The topological polar surface area (TPSA) is 48.1 Å². The minimum atomic E-state index is -0.499. The number of halogens is 3. The molecule has 1 rings (SSSR count). The molecule has 0 fully saturated rings. The van der Waals surface area contributed by atoms with Crippen molar-refractivity contribution in [2.45, 2.75) is 6.42 Å². The van der Waals surface area contributed by atoms with Crippen LogP contribution in [-0.4, -0.2) is 18.1 Å². The standard InChI is InChI=1S/C8H11FN2O.2ClH/c9-8-3-2-7(6-11-8)12-5-1-4-10;;/h2-3,6H,1,4-5,10H2;2*1H. The summed E-state index contributed by atoms with van der Waals surface area (Å²) in [5.41, 5.74) is 5.26. The molecule has 14 heavy (non-hydrogen) atoms. The fourth-order valence-electron chi connectivity index (χ4n) is 0.721. The highest BCUT2D eigenvalue weighted by Crippen LogP contribution is 2.07. The lowest BCUT2D eigenvalue weighted by molar-refractivity contribution is 0.311. The summed E-state index contributed by atoms with van der Waals surface area (Å²) in [6.45, 7) is 1.14. The van der Waals surface area contributed by atoms with Gasteiger partial charge in [0.25, 0.3) is 0 Å². The maximum absolute atomic E-state index is 12.3. The zero-order chi connectivity index (χ0) is 8.81. The molecule has 82 valence electrons. The molecule has 0 aromatic carbocycles. The molecule has 0 bridgehead atoms. The summed E-state index contributed by atoms with van der Waals surface area (Å²) in [6.07, 6.45) is 2.14. The number of nitrogens with zero attached hydrogens (tertiary/aromatic N) is 1. The van der Waals surface area contributed by atoms with Gasteiger partial charge in [0.05, 0.1) is 12.8 Å². The summed E-state index contributed by atoms with van der Waals surface area (Å²) in [4.78, 5) is 3.43. The molecular weight excluding hydrogens is 230 g/mol. The molecule has 0 spiro atoms. The number of rotatable bonds is 4. The quantitative estimate of drug-likeness (QED) is 0.647. The Bertz CT molecular complexity index is 233. The van der Waals surface area contributed by atoms with E-state index in [1.54, 1.807) is 6.07 Å². The van der Waals surface area contributed by atoms with Crippen LogP contribution in [0.3, 0.4) is 0 Å². The van der Waals surface area contributed by atoms with Crippen molar-refractivity contribution in [3.05, 3.63) is 24.3 Å². The summed E-state index contributed by atoms with van der Waals surface area (Å²) in [7, 11) is 0. The van der Waals surface area contributed by atoms with Crippen molar-refractivity contribution in [2.75, 3.05) is 13.2 Å². The van der Waals surface area contributed by atoms with Gasteiger partial charge in [0.15, 0.2) is 0 Å². The van der Waals surface area contributed by atoms with Gasteiger partial charge in [-0.2, -0.15) is 4.39 Å². The van der Waals surface area contributed by atoms with E-state index >= 15 is 0 Å². The first kappa shape index (κ1) is 15.9. The Hall–Kier alpha value is -0.580. The van der Waals surface area contributed by atoms with Gasteiger partial charge in [-0.25, -0.2) is 4.98 Å². The second-order valence-corrected chi connectivity index (χ2v) is 2.31. The Labute approximate surface area is 94.7 Å². The third-order valence-electron chi connectivity index (χ3n) is 1.32. The predicted octanol–water partition coefficient (Wildman–Crippen LogP) is 1.79. The van der Waals surface area contributed by atoms with Crippen LogP contribution in [0.4, 0.5) is 4.39 Å². The van der Waals surface area contributed by atoms with E-state index in [9.17, 15) is 4.39 Å². The van der Waals surface area contributed by atoms with Gasteiger partial charge < -0.3 is 10.5 Å². The largest absolute Gasteiger partial charge is 0.492 e. The van der Waals surface area contributed by atoms with Gasteiger partial charge in [-0.05, 0) is 25.1 Å². The fraction of sp³-hybridized carbons (Fsp3) is 0.375. The predicted molar refractivity (Wildman–Crippen MR) is 57.9 cm³/mol. The molecule has 0 saturated carbocycles. The number of nitrogens with two attached hydrogens (primary N) is 1. The van der Waals surface area contributed by atoms with Crippen LogP contribution in [0.2, 0.25) is 0 Å². The van der Waals surface area contributed by atoms with Crippen LogP contribution in [0, 0.1) is 5.95 Å². The van der Waals surface area contributed by atoms with Gasteiger partial charge in [0.1, 0.15) is 5.75 Å². The Morgan fingerprint density at radius 2 is 2.07 bits per heavy atom. The summed E-state index contributed by atoms with van der Waals surface area (Å²) in [5, 5.41) is 0.